The van der Waals surface area contributed by atoms with Crippen molar-refractivity contribution in [2.75, 3.05) is 7.11 Å². The molecule has 2 heterocycles. The van der Waals surface area contributed by atoms with Crippen LogP contribution in [0.5, 0.6) is 5.75 Å². The molecule has 1 aromatic carbocycles. The summed E-state index contributed by atoms with van der Waals surface area (Å²) in [4.78, 5) is 21.3. The maximum Gasteiger partial charge on any atom is 0.253 e. The molecule has 0 fully saturated rings. The molecular weight excluding hydrogens is 310 g/mol. The van der Waals surface area contributed by atoms with E-state index in [9.17, 15) is 4.79 Å². The number of benzene rings is 1. The average molecular weight is 327 g/mol. The molecule has 0 atom stereocenters. The van der Waals surface area contributed by atoms with Crippen molar-refractivity contribution >= 4 is 28.1 Å². The van der Waals surface area contributed by atoms with E-state index in [1.54, 1.807) is 18.4 Å². The molecule has 0 aliphatic rings. The van der Waals surface area contributed by atoms with Gasteiger partial charge in [0.05, 0.1) is 41.1 Å². The number of hydrogen-bond donors (Lipinski definition) is 1. The molecule has 1 N–H and O–H groups in total. The summed E-state index contributed by atoms with van der Waals surface area (Å²) in [5.74, 6) is 0.610. The minimum atomic E-state index is -0.140. The summed E-state index contributed by atoms with van der Waals surface area (Å²) in [6, 6.07) is 7.49. The fourth-order valence-electron chi connectivity index (χ4n) is 2.36. The first-order chi connectivity index (χ1) is 11.1. The van der Waals surface area contributed by atoms with Crippen molar-refractivity contribution in [2.24, 2.45) is 0 Å². The Labute approximate surface area is 138 Å². The van der Waals surface area contributed by atoms with Gasteiger partial charge >= 0.3 is 0 Å². The highest BCUT2D eigenvalue weighted by Gasteiger charge is 2.12. The quantitative estimate of drug-likeness (QED) is 0.799. The van der Waals surface area contributed by atoms with Crippen LogP contribution in [-0.2, 0) is 6.54 Å². The topological polar surface area (TPSA) is 64.1 Å². The highest BCUT2D eigenvalue weighted by Crippen LogP contribution is 2.21. The third kappa shape index (κ3) is 3.32. The molecule has 0 saturated heterocycles. The Kier molecular flexibility index (Phi) is 4.25. The molecule has 1 amide bonds. The Morgan fingerprint density at radius 3 is 2.78 bits per heavy atom. The molecule has 0 unspecified atom stereocenters. The molecule has 3 aromatic rings. The van der Waals surface area contributed by atoms with Gasteiger partial charge in [-0.05, 0) is 32.0 Å². The van der Waals surface area contributed by atoms with Crippen LogP contribution in [0.3, 0.4) is 0 Å². The Balaban J connectivity index is 1.83. The van der Waals surface area contributed by atoms with E-state index in [1.165, 1.54) is 0 Å². The number of thiazole rings is 1. The number of carbonyl (C=O) groups excluding carboxylic acids is 1. The minimum absolute atomic E-state index is 0.140. The van der Waals surface area contributed by atoms with E-state index in [-0.39, 0.29) is 5.91 Å². The third-order valence-corrected chi connectivity index (χ3v) is 4.38. The Hall–Kier alpha value is -2.47. The van der Waals surface area contributed by atoms with E-state index in [4.69, 9.17) is 4.74 Å². The number of aryl methyl sites for hydroxylation is 2. The molecular formula is C17H17N3O2S. The second-order valence-corrected chi connectivity index (χ2v) is 6.28. The molecule has 0 bridgehead atoms. The predicted molar refractivity (Wildman–Crippen MR) is 91.1 cm³/mol. The number of methoxy groups -OCH3 is 1. The van der Waals surface area contributed by atoms with Crippen LogP contribution in [0, 0.1) is 13.8 Å². The fourth-order valence-corrected chi connectivity index (χ4v) is 2.97. The Morgan fingerprint density at radius 2 is 2.09 bits per heavy atom. The van der Waals surface area contributed by atoms with Crippen molar-refractivity contribution in [3.8, 4) is 5.75 Å². The van der Waals surface area contributed by atoms with Crippen molar-refractivity contribution in [3.63, 3.8) is 0 Å². The van der Waals surface area contributed by atoms with Crippen molar-refractivity contribution < 1.29 is 9.53 Å². The zero-order valence-corrected chi connectivity index (χ0v) is 14.0. The van der Waals surface area contributed by atoms with Crippen molar-refractivity contribution in [2.45, 2.75) is 20.4 Å². The van der Waals surface area contributed by atoms with E-state index in [2.05, 4.69) is 15.3 Å². The molecule has 0 radical (unpaired) electrons. The number of nitrogens with zero attached hydrogens (tertiary/aromatic N) is 2. The number of nitrogens with one attached hydrogen (secondary N) is 1. The van der Waals surface area contributed by atoms with Gasteiger partial charge in [0, 0.05) is 16.8 Å². The summed E-state index contributed by atoms with van der Waals surface area (Å²) in [6.07, 6.45) is 0. The first-order valence-electron chi connectivity index (χ1n) is 7.21. The maximum atomic E-state index is 12.4. The van der Waals surface area contributed by atoms with Gasteiger partial charge in [-0.3, -0.25) is 9.78 Å². The van der Waals surface area contributed by atoms with Crippen LogP contribution in [0.4, 0.5) is 0 Å². The van der Waals surface area contributed by atoms with Gasteiger partial charge in [-0.25, -0.2) is 4.98 Å². The first-order valence-corrected chi connectivity index (χ1v) is 8.09. The molecule has 6 heteroatoms. The number of carbonyl (C=O) groups is 1. The maximum absolute atomic E-state index is 12.4. The Bertz CT molecular complexity index is 873. The van der Waals surface area contributed by atoms with Gasteiger partial charge < -0.3 is 10.1 Å². The lowest BCUT2D eigenvalue weighted by atomic mass is 10.1. The van der Waals surface area contributed by atoms with Crippen LogP contribution >= 0.6 is 11.3 Å². The van der Waals surface area contributed by atoms with Gasteiger partial charge in [-0.2, -0.15) is 0 Å². The van der Waals surface area contributed by atoms with Crippen LogP contribution < -0.4 is 10.1 Å². The largest absolute Gasteiger partial charge is 0.497 e. The molecule has 0 aliphatic heterocycles. The van der Waals surface area contributed by atoms with Gasteiger partial charge in [0.1, 0.15) is 5.75 Å². The SMILES string of the molecule is COc1ccc2cc(C(=O)NCc3csc(C)n3)c(C)nc2c1. The monoisotopic (exact) mass is 327 g/mol. The smallest absolute Gasteiger partial charge is 0.253 e. The lowest BCUT2D eigenvalue weighted by Crippen LogP contribution is -2.24. The third-order valence-electron chi connectivity index (χ3n) is 3.56. The van der Waals surface area contributed by atoms with Crippen molar-refractivity contribution in [3.05, 3.63) is 51.6 Å². The normalized spacial score (nSPS) is 10.7. The second kappa shape index (κ2) is 6.34. The summed E-state index contributed by atoms with van der Waals surface area (Å²) < 4.78 is 5.20. The van der Waals surface area contributed by atoms with E-state index < -0.39 is 0 Å². The number of amides is 1. The summed E-state index contributed by atoms with van der Waals surface area (Å²) in [5.41, 5.74) is 2.96. The molecule has 2 aromatic heterocycles. The average Bonchev–Trinajstić information content (AvgIpc) is 2.96. The lowest BCUT2D eigenvalue weighted by Gasteiger charge is -2.09. The van der Waals surface area contributed by atoms with Crippen LogP contribution in [0.25, 0.3) is 10.9 Å². The van der Waals surface area contributed by atoms with Gasteiger partial charge in [0.2, 0.25) is 0 Å². The van der Waals surface area contributed by atoms with E-state index >= 15 is 0 Å². The molecule has 0 saturated carbocycles. The van der Waals surface area contributed by atoms with Gasteiger partial charge in [-0.1, -0.05) is 0 Å². The lowest BCUT2D eigenvalue weighted by molar-refractivity contribution is 0.0949. The molecule has 118 valence electrons. The van der Waals surface area contributed by atoms with Crippen LogP contribution in [-0.4, -0.2) is 23.0 Å². The molecule has 23 heavy (non-hydrogen) atoms. The molecule has 0 aliphatic carbocycles. The van der Waals surface area contributed by atoms with Gasteiger partial charge in [0.25, 0.3) is 5.91 Å². The van der Waals surface area contributed by atoms with Crippen molar-refractivity contribution in [1.82, 2.24) is 15.3 Å². The van der Waals surface area contributed by atoms with E-state index in [1.807, 2.05) is 43.5 Å². The van der Waals surface area contributed by atoms with Crippen LogP contribution in [0.2, 0.25) is 0 Å². The van der Waals surface area contributed by atoms with Crippen LogP contribution in [0.15, 0.2) is 29.6 Å². The highest BCUT2D eigenvalue weighted by molar-refractivity contribution is 7.09. The number of aromatic nitrogens is 2. The summed E-state index contributed by atoms with van der Waals surface area (Å²) in [6.45, 7) is 4.20. The first kappa shape index (κ1) is 15.4. The van der Waals surface area contributed by atoms with E-state index in [0.717, 1.165) is 27.4 Å². The van der Waals surface area contributed by atoms with Gasteiger partial charge in [-0.15, -0.1) is 11.3 Å². The number of rotatable bonds is 4. The van der Waals surface area contributed by atoms with E-state index in [0.29, 0.717) is 17.8 Å². The minimum Gasteiger partial charge on any atom is -0.497 e. The summed E-state index contributed by atoms with van der Waals surface area (Å²) >= 11 is 1.57. The molecule has 5 nitrogen and oxygen atoms in total. The summed E-state index contributed by atoms with van der Waals surface area (Å²) in [5, 5.41) is 6.75. The Morgan fingerprint density at radius 1 is 1.26 bits per heavy atom. The standard InChI is InChI=1S/C17H17N3O2S/c1-10-15(17(21)18-8-13-9-23-11(2)20-13)6-12-4-5-14(22-3)7-16(12)19-10/h4-7,9H,8H2,1-3H3,(H,18,21). The van der Waals surface area contributed by atoms with Crippen LogP contribution in [0.1, 0.15) is 26.8 Å². The van der Waals surface area contributed by atoms with Gasteiger partial charge in [0.15, 0.2) is 0 Å². The molecule has 0 spiro atoms. The predicted octanol–water partition coefficient (Wildman–Crippen LogP) is 3.25. The van der Waals surface area contributed by atoms with Crippen molar-refractivity contribution in [1.29, 1.82) is 0 Å². The number of ether oxygens (including phenoxy) is 1. The highest BCUT2D eigenvalue weighted by atomic mass is 32.1. The molecule has 3 rings (SSSR count). The number of hydrogen-bond acceptors (Lipinski definition) is 5. The zero-order chi connectivity index (χ0) is 16.4. The fraction of sp³-hybridized carbons (Fsp3) is 0.235. The second-order valence-electron chi connectivity index (χ2n) is 5.22. The zero-order valence-electron chi connectivity index (χ0n) is 13.2. The summed E-state index contributed by atoms with van der Waals surface area (Å²) in [7, 11) is 1.62. The number of pyridine rings is 1. The number of fused-ring (bicyclic) bond motifs is 1.